The molecule has 28 heavy (non-hydrogen) atoms. The van der Waals surface area contributed by atoms with Gasteiger partial charge in [0.1, 0.15) is 5.60 Å². The monoisotopic (exact) mass is 387 g/mol. The summed E-state index contributed by atoms with van der Waals surface area (Å²) in [5, 5.41) is 22.9. The maximum absolute atomic E-state index is 12.2. The van der Waals surface area contributed by atoms with Gasteiger partial charge in [0.2, 0.25) is 0 Å². The molecule has 0 aliphatic carbocycles. The number of aliphatic hydroxyl groups is 1. The molecule has 0 spiro atoms. The van der Waals surface area contributed by atoms with Crippen LogP contribution >= 0.6 is 0 Å². The van der Waals surface area contributed by atoms with E-state index in [0.717, 1.165) is 5.56 Å². The molecule has 0 aliphatic rings. The molecule has 154 valence electrons. The third-order valence-electron chi connectivity index (χ3n) is 4.10. The maximum Gasteiger partial charge on any atom is 1.00 e. The maximum atomic E-state index is 12.2. The smallest absolute Gasteiger partial charge is 1.00 e. The van der Waals surface area contributed by atoms with E-state index in [4.69, 9.17) is 4.74 Å². The van der Waals surface area contributed by atoms with Crippen molar-refractivity contribution in [2.75, 3.05) is 0 Å². The predicted molar refractivity (Wildman–Crippen MR) is 106 cm³/mol. The molecule has 0 bridgehead atoms. The van der Waals surface area contributed by atoms with Crippen LogP contribution in [0.25, 0.3) is 0 Å². The molecule has 1 aromatic carbocycles. The Bertz CT molecular complexity index is 607. The van der Waals surface area contributed by atoms with Crippen molar-refractivity contribution in [3.63, 3.8) is 0 Å². The van der Waals surface area contributed by atoms with Gasteiger partial charge >= 0.3 is 30.9 Å². The molecule has 0 unspecified atom stereocenters. The number of benzene rings is 1. The first kappa shape index (κ1) is 26.5. The minimum absolute atomic E-state index is 0. The summed E-state index contributed by atoms with van der Waals surface area (Å²) in [6.07, 6.45) is -0.705. The number of carboxylic acids is 1. The van der Waals surface area contributed by atoms with E-state index in [-0.39, 0.29) is 32.6 Å². The number of hydrogen-bond donors (Lipinski definition) is 3. The predicted octanol–water partition coefficient (Wildman–Crippen LogP) is 0.737. The summed E-state index contributed by atoms with van der Waals surface area (Å²) in [7, 11) is 0. The van der Waals surface area contributed by atoms with Crippen molar-refractivity contribution in [2.45, 2.75) is 71.6 Å². The number of nitrogens with one attached hydrogen (secondary N) is 1. The number of amides is 1. The van der Waals surface area contributed by atoms with Gasteiger partial charge in [0.05, 0.1) is 18.1 Å². The van der Waals surface area contributed by atoms with Crippen LogP contribution in [0, 0.1) is 11.8 Å². The van der Waals surface area contributed by atoms with Gasteiger partial charge in [-0.1, -0.05) is 44.2 Å². The Hall–Kier alpha value is -1.48. The average molecular weight is 387 g/mol. The van der Waals surface area contributed by atoms with Crippen molar-refractivity contribution in [3.05, 3.63) is 35.9 Å². The summed E-state index contributed by atoms with van der Waals surface area (Å²) in [6.45, 7) is 9.18. The first-order valence-corrected chi connectivity index (χ1v) is 9.42. The van der Waals surface area contributed by atoms with E-state index in [1.807, 2.05) is 44.2 Å². The Kier molecular flexibility index (Phi) is 11.5. The van der Waals surface area contributed by atoms with Crippen LogP contribution in [0.2, 0.25) is 0 Å². The summed E-state index contributed by atoms with van der Waals surface area (Å²) in [5.41, 5.74) is 0.279. The van der Waals surface area contributed by atoms with Gasteiger partial charge in [0.15, 0.2) is 0 Å². The van der Waals surface area contributed by atoms with Crippen molar-refractivity contribution in [1.29, 1.82) is 0 Å². The van der Waals surface area contributed by atoms with Gasteiger partial charge in [-0.2, -0.15) is 0 Å². The zero-order valence-electron chi connectivity index (χ0n) is 18.9. The molecule has 0 aromatic heterocycles. The van der Waals surface area contributed by atoms with E-state index in [2.05, 4.69) is 5.32 Å². The molecule has 3 atom stereocenters. The number of alkyl carbamates (subject to hydrolysis) is 1. The minimum Gasteiger partial charge on any atom is -1.00 e. The van der Waals surface area contributed by atoms with Crippen LogP contribution in [0.3, 0.4) is 0 Å². The van der Waals surface area contributed by atoms with Gasteiger partial charge in [0, 0.05) is 0 Å². The number of rotatable bonds is 9. The first-order valence-electron chi connectivity index (χ1n) is 9.42. The fourth-order valence-electron chi connectivity index (χ4n) is 2.93. The molecule has 6 nitrogen and oxygen atoms in total. The van der Waals surface area contributed by atoms with E-state index >= 15 is 0 Å². The SMILES string of the molecule is CC(C)C[C@H](C[C@@H](O)[C@H](Cc1ccccc1)NC(=O)OC(C)(C)C)C(=O)O.[H-].[Li+]. The molecule has 0 radical (unpaired) electrons. The molecular formula is C21H34LiNO5. The number of aliphatic carboxylic acids is 1. The van der Waals surface area contributed by atoms with Gasteiger partial charge in [-0.25, -0.2) is 4.79 Å². The molecular weight excluding hydrogens is 353 g/mol. The Morgan fingerprint density at radius 1 is 1.14 bits per heavy atom. The molecule has 0 fully saturated rings. The number of carbonyl (C=O) groups excluding carboxylic acids is 1. The third kappa shape index (κ3) is 10.7. The third-order valence-corrected chi connectivity index (χ3v) is 4.10. The second kappa shape index (κ2) is 12.2. The Labute approximate surface area is 181 Å². The Morgan fingerprint density at radius 3 is 2.18 bits per heavy atom. The minimum atomic E-state index is -1.00. The van der Waals surface area contributed by atoms with Gasteiger partial charge in [0.25, 0.3) is 0 Å². The number of ether oxygens (including phenoxy) is 1. The second-order valence-corrected chi connectivity index (χ2v) is 8.41. The van der Waals surface area contributed by atoms with E-state index in [9.17, 15) is 19.8 Å². The van der Waals surface area contributed by atoms with Crippen molar-refractivity contribution in [1.82, 2.24) is 5.32 Å². The fourth-order valence-corrected chi connectivity index (χ4v) is 2.93. The van der Waals surface area contributed by atoms with E-state index in [1.165, 1.54) is 0 Å². The van der Waals surface area contributed by atoms with E-state index in [0.29, 0.717) is 12.8 Å². The zero-order valence-corrected chi connectivity index (χ0v) is 17.9. The van der Waals surface area contributed by atoms with Crippen LogP contribution in [-0.4, -0.2) is 40.0 Å². The summed E-state index contributed by atoms with van der Waals surface area (Å²) < 4.78 is 5.30. The molecule has 0 heterocycles. The summed E-state index contributed by atoms with van der Waals surface area (Å²) in [4.78, 5) is 23.7. The standard InChI is InChI=1S/C21H33NO5.Li.H/c1-14(2)11-16(19(24)25)13-18(23)17(12-15-9-7-6-8-10-15)22-20(26)27-21(3,4)5;;/h6-10,14,16-18,23H,11-13H2,1-5H3,(H,22,26)(H,24,25);;/q;+1;-1/t16-,17+,18-;;/m1../s1. The van der Waals surface area contributed by atoms with Gasteiger partial charge in [-0.3, -0.25) is 4.79 Å². The summed E-state index contributed by atoms with van der Waals surface area (Å²) in [5.74, 6) is -1.40. The van der Waals surface area contributed by atoms with Crippen LogP contribution in [0.5, 0.6) is 0 Å². The van der Waals surface area contributed by atoms with Crippen LogP contribution < -0.4 is 24.2 Å². The second-order valence-electron chi connectivity index (χ2n) is 8.41. The number of carbonyl (C=O) groups is 2. The number of carboxylic acid groups (broad SMARTS) is 1. The Balaban J connectivity index is 0. The van der Waals surface area contributed by atoms with Gasteiger partial charge < -0.3 is 21.7 Å². The van der Waals surface area contributed by atoms with Gasteiger partial charge in [-0.05, 0) is 51.5 Å². The van der Waals surface area contributed by atoms with E-state index < -0.39 is 35.7 Å². The van der Waals surface area contributed by atoms with Crippen LogP contribution in [-0.2, 0) is 16.0 Å². The Morgan fingerprint density at radius 2 is 1.71 bits per heavy atom. The van der Waals surface area contributed by atoms with Crippen LogP contribution in [0.4, 0.5) is 4.79 Å². The quantitative estimate of drug-likeness (QED) is 0.543. The van der Waals surface area contributed by atoms with Crippen molar-refractivity contribution < 1.29 is 44.8 Å². The number of hydrogen-bond acceptors (Lipinski definition) is 4. The molecule has 0 aliphatic heterocycles. The van der Waals surface area contributed by atoms with Crippen molar-refractivity contribution >= 4 is 12.1 Å². The number of aliphatic hydroxyl groups excluding tert-OH is 1. The molecule has 0 saturated carbocycles. The van der Waals surface area contributed by atoms with Crippen LogP contribution in [0.1, 0.15) is 54.5 Å². The molecule has 3 N–H and O–H groups in total. The topological polar surface area (TPSA) is 95.9 Å². The summed E-state index contributed by atoms with van der Waals surface area (Å²) in [6, 6.07) is 8.81. The zero-order chi connectivity index (χ0) is 20.6. The normalized spacial score (nSPS) is 14.5. The molecule has 7 heteroatoms. The summed E-state index contributed by atoms with van der Waals surface area (Å²) >= 11 is 0. The van der Waals surface area contributed by atoms with Gasteiger partial charge in [-0.15, -0.1) is 0 Å². The van der Waals surface area contributed by atoms with Crippen molar-refractivity contribution in [3.8, 4) is 0 Å². The first-order chi connectivity index (χ1) is 12.5. The van der Waals surface area contributed by atoms with Crippen LogP contribution in [0.15, 0.2) is 30.3 Å². The van der Waals surface area contributed by atoms with E-state index in [1.54, 1.807) is 20.8 Å². The molecule has 1 aromatic rings. The molecule has 1 rings (SSSR count). The molecule has 0 saturated heterocycles. The average Bonchev–Trinajstić information content (AvgIpc) is 2.52. The fraction of sp³-hybridized carbons (Fsp3) is 0.619. The largest absolute Gasteiger partial charge is 1.00 e. The molecule has 1 amide bonds. The van der Waals surface area contributed by atoms with Crippen molar-refractivity contribution in [2.24, 2.45) is 11.8 Å².